The molecule has 174 valence electrons. The highest BCUT2D eigenvalue weighted by Gasteiger charge is 2.49. The molecular weight excluding hydrogens is 432 g/mol. The lowest BCUT2D eigenvalue weighted by molar-refractivity contribution is -0.134. The molecule has 9 nitrogen and oxygen atoms in total. The Labute approximate surface area is 188 Å². The fourth-order valence-electron chi connectivity index (χ4n) is 4.04. The van der Waals surface area contributed by atoms with E-state index in [4.69, 9.17) is 4.74 Å². The predicted molar refractivity (Wildman–Crippen MR) is 119 cm³/mol. The SMILES string of the molecule is CN1C/C=C\COCC2(CCNC2)C(=O)NC2(CC2)CNC(=O)c2cccc(c2)S1(=O)=O. The average Bonchev–Trinajstić information content (AvgIpc) is 3.37. The number of amides is 2. The molecule has 2 amide bonds. The third kappa shape index (κ3) is 4.73. The third-order valence-corrected chi connectivity index (χ3v) is 8.29. The van der Waals surface area contributed by atoms with Gasteiger partial charge in [0, 0.05) is 32.2 Å². The zero-order chi connectivity index (χ0) is 22.8. The second-order valence-corrected chi connectivity index (χ2v) is 11.0. The van der Waals surface area contributed by atoms with Crippen LogP contribution in [-0.4, -0.2) is 76.5 Å². The van der Waals surface area contributed by atoms with Gasteiger partial charge in [-0.3, -0.25) is 9.59 Å². The van der Waals surface area contributed by atoms with Crippen LogP contribution in [0.4, 0.5) is 0 Å². The van der Waals surface area contributed by atoms with Crippen molar-refractivity contribution in [2.75, 3.05) is 46.4 Å². The number of nitrogens with zero attached hydrogens (tertiary/aromatic N) is 1. The number of likely N-dealkylation sites (N-methyl/N-ethyl adjacent to an activating group) is 1. The molecule has 1 unspecified atom stereocenters. The van der Waals surface area contributed by atoms with Gasteiger partial charge in [0.2, 0.25) is 15.9 Å². The van der Waals surface area contributed by atoms with E-state index in [0.29, 0.717) is 26.1 Å². The number of sulfonamides is 1. The normalized spacial score (nSPS) is 29.7. The molecule has 1 aliphatic carbocycles. The van der Waals surface area contributed by atoms with E-state index in [1.165, 1.54) is 23.5 Å². The fraction of sp³-hybridized carbons (Fsp3) is 0.545. The van der Waals surface area contributed by atoms with Crippen LogP contribution in [0.3, 0.4) is 0 Å². The molecule has 32 heavy (non-hydrogen) atoms. The van der Waals surface area contributed by atoms with E-state index in [2.05, 4.69) is 16.0 Å². The zero-order valence-electron chi connectivity index (χ0n) is 18.2. The Morgan fingerprint density at radius 2 is 1.91 bits per heavy atom. The zero-order valence-corrected chi connectivity index (χ0v) is 19.0. The van der Waals surface area contributed by atoms with Crippen molar-refractivity contribution in [2.45, 2.75) is 29.7 Å². The summed E-state index contributed by atoms with van der Waals surface area (Å²) in [5.74, 6) is -0.418. The van der Waals surface area contributed by atoms with E-state index in [1.807, 2.05) is 0 Å². The van der Waals surface area contributed by atoms with Gasteiger partial charge in [-0.05, 0) is 44.0 Å². The van der Waals surface area contributed by atoms with E-state index in [9.17, 15) is 18.0 Å². The summed E-state index contributed by atoms with van der Waals surface area (Å²) in [6.07, 6.45) is 5.72. The number of nitrogens with one attached hydrogen (secondary N) is 3. The number of hydrogen-bond donors (Lipinski definition) is 3. The maximum absolute atomic E-state index is 13.2. The molecule has 1 atom stereocenters. The Hall–Kier alpha value is -2.27. The van der Waals surface area contributed by atoms with Gasteiger partial charge in [-0.1, -0.05) is 18.2 Å². The van der Waals surface area contributed by atoms with E-state index in [1.54, 1.807) is 24.3 Å². The first-order valence-electron chi connectivity index (χ1n) is 10.9. The van der Waals surface area contributed by atoms with Crippen molar-refractivity contribution in [2.24, 2.45) is 5.41 Å². The first-order chi connectivity index (χ1) is 15.3. The smallest absolute Gasteiger partial charge is 0.251 e. The molecule has 1 aromatic rings. The second-order valence-electron chi connectivity index (χ2n) is 8.92. The van der Waals surface area contributed by atoms with Gasteiger partial charge in [0.05, 0.1) is 29.1 Å². The molecule has 0 aromatic heterocycles. The van der Waals surface area contributed by atoms with Crippen LogP contribution in [0.1, 0.15) is 29.6 Å². The van der Waals surface area contributed by atoms with Crippen LogP contribution >= 0.6 is 0 Å². The Kier molecular flexibility index (Phi) is 6.39. The number of ether oxygens (including phenoxy) is 1. The maximum Gasteiger partial charge on any atom is 0.251 e. The highest BCUT2D eigenvalue weighted by atomic mass is 32.2. The van der Waals surface area contributed by atoms with Crippen molar-refractivity contribution in [1.82, 2.24) is 20.3 Å². The van der Waals surface area contributed by atoms with Gasteiger partial charge in [0.15, 0.2) is 0 Å². The van der Waals surface area contributed by atoms with Crippen molar-refractivity contribution in [1.29, 1.82) is 0 Å². The topological polar surface area (TPSA) is 117 Å². The number of fused-ring (bicyclic) bond motifs is 2. The van der Waals surface area contributed by atoms with Crippen LogP contribution in [0.2, 0.25) is 0 Å². The minimum Gasteiger partial charge on any atom is -0.376 e. The van der Waals surface area contributed by atoms with Crippen molar-refractivity contribution in [3.05, 3.63) is 42.0 Å². The van der Waals surface area contributed by atoms with Crippen molar-refractivity contribution >= 4 is 21.8 Å². The first kappa shape index (κ1) is 22.9. The molecule has 4 rings (SSSR count). The highest BCUT2D eigenvalue weighted by molar-refractivity contribution is 7.89. The summed E-state index contributed by atoms with van der Waals surface area (Å²) in [5, 5.41) is 9.28. The van der Waals surface area contributed by atoms with Crippen LogP contribution in [0, 0.1) is 5.41 Å². The van der Waals surface area contributed by atoms with E-state index < -0.39 is 21.0 Å². The molecule has 1 saturated carbocycles. The molecular formula is C22H30N4O5S. The summed E-state index contributed by atoms with van der Waals surface area (Å²) < 4.78 is 32.8. The fourth-order valence-corrected chi connectivity index (χ4v) is 5.21. The number of rotatable bonds is 0. The molecule has 3 aliphatic rings. The summed E-state index contributed by atoms with van der Waals surface area (Å²) in [7, 11) is -2.25. The predicted octanol–water partition coefficient (Wildman–Crippen LogP) is 0.252. The minimum atomic E-state index is -3.74. The summed E-state index contributed by atoms with van der Waals surface area (Å²) in [6.45, 7) is 2.31. The molecule has 2 heterocycles. The van der Waals surface area contributed by atoms with Crippen LogP contribution in [0.25, 0.3) is 0 Å². The largest absolute Gasteiger partial charge is 0.376 e. The van der Waals surface area contributed by atoms with Gasteiger partial charge in [-0.15, -0.1) is 0 Å². The number of hydrogen-bond acceptors (Lipinski definition) is 6. The molecule has 10 heteroatoms. The number of benzene rings is 1. The van der Waals surface area contributed by atoms with Crippen molar-refractivity contribution in [3.8, 4) is 0 Å². The van der Waals surface area contributed by atoms with Gasteiger partial charge in [0.1, 0.15) is 0 Å². The van der Waals surface area contributed by atoms with Gasteiger partial charge >= 0.3 is 0 Å². The van der Waals surface area contributed by atoms with E-state index >= 15 is 0 Å². The standard InChI is InChI=1S/C22H30N4O5S/c1-26-11-2-3-12-31-16-21(9-10-23-14-21)20(28)25-22(7-8-22)15-24-19(27)17-5-4-6-18(13-17)32(26,29)30/h2-6,13,23H,7-12,14-16H2,1H3,(H,24,27)(H,25,28)/b3-2-. The molecule has 1 saturated heterocycles. The van der Waals surface area contributed by atoms with Crippen molar-refractivity contribution < 1.29 is 22.7 Å². The minimum absolute atomic E-state index is 0.0489. The first-order valence-corrected chi connectivity index (χ1v) is 12.3. The quantitative estimate of drug-likeness (QED) is 0.476. The Bertz CT molecular complexity index is 1010. The van der Waals surface area contributed by atoms with Crippen LogP contribution in [-0.2, 0) is 19.6 Å². The summed E-state index contributed by atoms with van der Waals surface area (Å²) in [5.41, 5.74) is -0.839. The van der Waals surface area contributed by atoms with E-state index in [-0.39, 0.29) is 35.4 Å². The average molecular weight is 463 g/mol. The number of carbonyl (C=O) groups is 2. The second kappa shape index (κ2) is 8.93. The molecule has 2 aliphatic heterocycles. The lowest BCUT2D eigenvalue weighted by Gasteiger charge is -2.30. The Morgan fingerprint density at radius 1 is 1.09 bits per heavy atom. The summed E-state index contributed by atoms with van der Waals surface area (Å²) >= 11 is 0. The number of carbonyl (C=O) groups excluding carboxylic acids is 2. The van der Waals surface area contributed by atoms with Gasteiger partial charge < -0.3 is 20.7 Å². The van der Waals surface area contributed by atoms with Crippen LogP contribution in [0.15, 0.2) is 41.3 Å². The Morgan fingerprint density at radius 3 is 2.62 bits per heavy atom. The van der Waals surface area contributed by atoms with Gasteiger partial charge in [-0.25, -0.2) is 8.42 Å². The lowest BCUT2D eigenvalue weighted by atomic mass is 9.86. The maximum atomic E-state index is 13.2. The van der Waals surface area contributed by atoms with Crippen molar-refractivity contribution in [3.63, 3.8) is 0 Å². The highest BCUT2D eigenvalue weighted by Crippen LogP contribution is 2.37. The summed E-state index contributed by atoms with van der Waals surface area (Å²) in [4.78, 5) is 26.0. The Balaban J connectivity index is 1.59. The van der Waals surface area contributed by atoms with Gasteiger partial charge in [0.25, 0.3) is 5.91 Å². The van der Waals surface area contributed by atoms with Gasteiger partial charge in [-0.2, -0.15) is 4.31 Å². The molecule has 2 bridgehead atoms. The molecule has 2 spiro atoms. The third-order valence-electron chi connectivity index (χ3n) is 6.47. The van der Waals surface area contributed by atoms with E-state index in [0.717, 1.165) is 19.4 Å². The molecule has 2 fully saturated rings. The monoisotopic (exact) mass is 462 g/mol. The molecule has 0 radical (unpaired) electrons. The molecule has 1 aromatic carbocycles. The van der Waals surface area contributed by atoms with Crippen LogP contribution < -0.4 is 16.0 Å². The lowest BCUT2D eigenvalue weighted by Crippen LogP contribution is -2.53. The van der Waals surface area contributed by atoms with Crippen LogP contribution in [0.5, 0.6) is 0 Å². The summed E-state index contributed by atoms with van der Waals surface area (Å²) in [6, 6.07) is 6.00. The molecule has 3 N–H and O–H groups in total.